The van der Waals surface area contributed by atoms with E-state index in [9.17, 15) is 18.8 Å². The Kier molecular flexibility index (Phi) is 5.21. The summed E-state index contributed by atoms with van der Waals surface area (Å²) >= 11 is 0. The lowest BCUT2D eigenvalue weighted by Crippen LogP contribution is -2.42. The highest BCUT2D eigenvalue weighted by Gasteiger charge is 2.17. The summed E-state index contributed by atoms with van der Waals surface area (Å²) in [5.74, 6) is -0.697. The Bertz CT molecular complexity index is 1100. The van der Waals surface area contributed by atoms with Gasteiger partial charge in [-0.3, -0.25) is 14.2 Å². The minimum Gasteiger partial charge on any atom is -0.344 e. The molecule has 7 heteroatoms. The largest absolute Gasteiger partial charge is 0.344 e. The summed E-state index contributed by atoms with van der Waals surface area (Å²) in [7, 11) is 1.68. The Hall–Kier alpha value is -3.22. The third-order valence-corrected chi connectivity index (χ3v) is 4.41. The summed E-state index contributed by atoms with van der Waals surface area (Å²) in [6.07, 6.45) is 0.799. The summed E-state index contributed by atoms with van der Waals surface area (Å²) in [5.41, 5.74) is -0.499. The van der Waals surface area contributed by atoms with Gasteiger partial charge < -0.3 is 4.90 Å². The Labute approximate surface area is 155 Å². The maximum Gasteiger partial charge on any atom is 0.336 e. The van der Waals surface area contributed by atoms with Gasteiger partial charge in [-0.15, -0.1) is 0 Å². The topological polar surface area (TPSA) is 64.3 Å². The molecule has 0 saturated heterocycles. The van der Waals surface area contributed by atoms with Crippen molar-refractivity contribution in [2.24, 2.45) is 0 Å². The van der Waals surface area contributed by atoms with Crippen LogP contribution in [0.3, 0.4) is 0 Å². The third-order valence-electron chi connectivity index (χ3n) is 4.41. The summed E-state index contributed by atoms with van der Waals surface area (Å²) in [4.78, 5) is 40.0. The molecule has 0 N–H and O–H groups in total. The van der Waals surface area contributed by atoms with Gasteiger partial charge in [0, 0.05) is 13.6 Å². The highest BCUT2D eigenvalue weighted by Crippen LogP contribution is 2.11. The van der Waals surface area contributed by atoms with Gasteiger partial charge in [-0.1, -0.05) is 19.1 Å². The molecule has 1 amide bonds. The molecule has 0 unspecified atom stereocenters. The predicted molar refractivity (Wildman–Crippen MR) is 102 cm³/mol. The average molecular weight is 369 g/mol. The molecule has 140 valence electrons. The first-order valence-corrected chi connectivity index (χ1v) is 8.68. The first kappa shape index (κ1) is 18.6. The Morgan fingerprint density at radius 1 is 1.07 bits per heavy atom. The molecule has 0 aliphatic heterocycles. The fourth-order valence-corrected chi connectivity index (χ4v) is 3.01. The molecule has 0 saturated carbocycles. The van der Waals surface area contributed by atoms with Gasteiger partial charge >= 0.3 is 5.69 Å². The average Bonchev–Trinajstić information content (AvgIpc) is 2.66. The molecule has 27 heavy (non-hydrogen) atoms. The molecule has 0 aliphatic carbocycles. The fraction of sp³-hybridized carbons (Fsp3) is 0.250. The number of para-hydroxylation sites is 1. The van der Waals surface area contributed by atoms with Gasteiger partial charge in [0.15, 0.2) is 0 Å². The van der Waals surface area contributed by atoms with Crippen molar-refractivity contribution in [3.63, 3.8) is 0 Å². The highest BCUT2D eigenvalue weighted by atomic mass is 19.1. The molecule has 0 atom stereocenters. The summed E-state index contributed by atoms with van der Waals surface area (Å²) in [5, 5.41) is 0.312. The molecule has 2 aromatic carbocycles. The number of amides is 1. The summed E-state index contributed by atoms with van der Waals surface area (Å²) in [6.45, 7) is 2.35. The van der Waals surface area contributed by atoms with E-state index in [0.717, 1.165) is 11.0 Å². The number of hydrogen-bond donors (Lipinski definition) is 0. The molecule has 0 bridgehead atoms. The zero-order valence-corrected chi connectivity index (χ0v) is 15.2. The lowest BCUT2D eigenvalue weighted by Gasteiger charge is -2.19. The van der Waals surface area contributed by atoms with E-state index in [1.807, 2.05) is 6.92 Å². The van der Waals surface area contributed by atoms with E-state index in [1.165, 1.54) is 28.8 Å². The second-order valence-corrected chi connectivity index (χ2v) is 6.32. The van der Waals surface area contributed by atoms with Crippen molar-refractivity contribution in [1.29, 1.82) is 0 Å². The molecule has 3 rings (SSSR count). The van der Waals surface area contributed by atoms with E-state index in [2.05, 4.69) is 0 Å². The van der Waals surface area contributed by atoms with E-state index in [-0.39, 0.29) is 18.1 Å². The zero-order valence-electron chi connectivity index (χ0n) is 15.2. The Morgan fingerprint density at radius 3 is 2.41 bits per heavy atom. The molecule has 3 aromatic rings. The zero-order chi connectivity index (χ0) is 19.6. The van der Waals surface area contributed by atoms with Crippen LogP contribution in [0.15, 0.2) is 58.1 Å². The molecule has 1 aromatic heterocycles. The summed E-state index contributed by atoms with van der Waals surface area (Å²) < 4.78 is 15.5. The maximum absolute atomic E-state index is 13.2. The van der Waals surface area contributed by atoms with Crippen molar-refractivity contribution in [3.8, 4) is 5.69 Å². The van der Waals surface area contributed by atoms with E-state index in [0.29, 0.717) is 17.4 Å². The molecular weight excluding hydrogens is 349 g/mol. The van der Waals surface area contributed by atoms with Crippen molar-refractivity contribution >= 4 is 16.8 Å². The van der Waals surface area contributed by atoms with Crippen LogP contribution in [0.25, 0.3) is 16.6 Å². The van der Waals surface area contributed by atoms with E-state index >= 15 is 0 Å². The Balaban J connectivity index is 2.24. The predicted octanol–water partition coefficient (Wildman–Crippen LogP) is 2.16. The van der Waals surface area contributed by atoms with Crippen molar-refractivity contribution in [2.75, 3.05) is 13.6 Å². The van der Waals surface area contributed by atoms with Gasteiger partial charge in [0.1, 0.15) is 12.4 Å². The van der Waals surface area contributed by atoms with Crippen molar-refractivity contribution in [3.05, 3.63) is 75.2 Å². The van der Waals surface area contributed by atoms with Crippen molar-refractivity contribution in [1.82, 2.24) is 14.0 Å². The van der Waals surface area contributed by atoms with Gasteiger partial charge in [0.2, 0.25) is 5.91 Å². The van der Waals surface area contributed by atoms with E-state index in [1.54, 1.807) is 36.2 Å². The van der Waals surface area contributed by atoms with Crippen molar-refractivity contribution < 1.29 is 9.18 Å². The molecule has 1 heterocycles. The van der Waals surface area contributed by atoms with Crippen LogP contribution < -0.4 is 11.2 Å². The van der Waals surface area contributed by atoms with Gasteiger partial charge in [-0.2, -0.15) is 0 Å². The SMILES string of the molecule is CCCN(C)C(=O)Cn1c(=O)n(-c2ccc(F)cc2)c(=O)c2ccccc21. The quantitative estimate of drug-likeness (QED) is 0.692. The van der Waals surface area contributed by atoms with Crippen LogP contribution in [0.2, 0.25) is 0 Å². The molecule has 0 fully saturated rings. The van der Waals surface area contributed by atoms with E-state index in [4.69, 9.17) is 0 Å². The maximum atomic E-state index is 13.2. The van der Waals surface area contributed by atoms with Crippen LogP contribution in [-0.2, 0) is 11.3 Å². The second kappa shape index (κ2) is 7.57. The molecule has 0 radical (unpaired) electrons. The summed E-state index contributed by atoms with van der Waals surface area (Å²) in [6, 6.07) is 11.7. The number of hydrogen-bond acceptors (Lipinski definition) is 3. The van der Waals surface area contributed by atoms with Crippen LogP contribution in [0, 0.1) is 5.82 Å². The standard InChI is InChI=1S/C20H20FN3O3/c1-3-12-22(2)18(25)13-23-17-7-5-4-6-16(17)19(26)24(20(23)27)15-10-8-14(21)9-11-15/h4-11H,3,12-13H2,1-2H3. The smallest absolute Gasteiger partial charge is 0.336 e. The molecular formula is C20H20FN3O3. The molecule has 0 aliphatic rings. The fourth-order valence-electron chi connectivity index (χ4n) is 3.01. The monoisotopic (exact) mass is 369 g/mol. The molecule has 6 nitrogen and oxygen atoms in total. The number of benzene rings is 2. The number of fused-ring (bicyclic) bond motifs is 1. The highest BCUT2D eigenvalue weighted by molar-refractivity contribution is 5.81. The number of carbonyl (C=O) groups excluding carboxylic acids is 1. The number of carbonyl (C=O) groups is 1. The first-order chi connectivity index (χ1) is 12.9. The number of aromatic nitrogens is 2. The Morgan fingerprint density at radius 2 is 1.74 bits per heavy atom. The van der Waals surface area contributed by atoms with Gasteiger partial charge in [0.05, 0.1) is 16.6 Å². The van der Waals surface area contributed by atoms with Crippen molar-refractivity contribution in [2.45, 2.75) is 19.9 Å². The molecule has 0 spiro atoms. The van der Waals surface area contributed by atoms with E-state index < -0.39 is 17.1 Å². The lowest BCUT2D eigenvalue weighted by molar-refractivity contribution is -0.130. The van der Waals surface area contributed by atoms with Crippen LogP contribution >= 0.6 is 0 Å². The van der Waals surface area contributed by atoms with Gasteiger partial charge in [-0.05, 0) is 42.8 Å². The van der Waals surface area contributed by atoms with Crippen LogP contribution in [0.5, 0.6) is 0 Å². The third kappa shape index (κ3) is 3.53. The number of halogens is 1. The minimum absolute atomic E-state index is 0.183. The van der Waals surface area contributed by atoms with Gasteiger partial charge in [0.25, 0.3) is 5.56 Å². The van der Waals surface area contributed by atoms with Crippen LogP contribution in [0.4, 0.5) is 4.39 Å². The number of likely N-dealkylation sites (N-methyl/N-ethyl adjacent to an activating group) is 1. The number of nitrogens with zero attached hydrogens (tertiary/aromatic N) is 3. The minimum atomic E-state index is -0.636. The first-order valence-electron chi connectivity index (χ1n) is 8.68. The van der Waals surface area contributed by atoms with Gasteiger partial charge in [-0.25, -0.2) is 13.8 Å². The number of rotatable bonds is 5. The normalized spacial score (nSPS) is 10.9. The lowest BCUT2D eigenvalue weighted by atomic mass is 10.2. The van der Waals surface area contributed by atoms with Crippen LogP contribution in [0.1, 0.15) is 13.3 Å². The van der Waals surface area contributed by atoms with Crippen LogP contribution in [-0.4, -0.2) is 33.5 Å². The second-order valence-electron chi connectivity index (χ2n) is 6.32.